The molecule has 2 aromatic carbocycles. The van der Waals surface area contributed by atoms with Gasteiger partial charge >= 0.3 is 0 Å². The topological polar surface area (TPSA) is 102 Å². The summed E-state index contributed by atoms with van der Waals surface area (Å²) in [4.78, 5) is 11.0. The molecule has 2 aromatic rings. The van der Waals surface area contributed by atoms with Gasteiger partial charge in [-0.05, 0) is 30.3 Å². The molecule has 1 heterocycles. The van der Waals surface area contributed by atoms with Crippen LogP contribution in [-0.2, 0) is 10.0 Å². The summed E-state index contributed by atoms with van der Waals surface area (Å²) in [6.45, 7) is 1.26. The van der Waals surface area contributed by atoms with Crippen molar-refractivity contribution in [2.75, 3.05) is 26.2 Å². The van der Waals surface area contributed by atoms with Crippen LogP contribution in [0.15, 0.2) is 35.2 Å². The first-order valence-electron chi connectivity index (χ1n) is 8.16. The molecule has 1 fully saturated rings. The molecule has 1 aliphatic rings. The molecule has 1 amide bonds. The van der Waals surface area contributed by atoms with E-state index in [0.29, 0.717) is 13.1 Å². The van der Waals surface area contributed by atoms with Crippen molar-refractivity contribution in [3.63, 3.8) is 0 Å². The zero-order valence-corrected chi connectivity index (χ0v) is 18.0. The smallest absolute Gasteiger partial charge is 0.248 e. The molecule has 1 saturated heterocycles. The van der Waals surface area contributed by atoms with Crippen LogP contribution in [0.25, 0.3) is 0 Å². The van der Waals surface area contributed by atoms with Gasteiger partial charge in [0.05, 0.1) is 0 Å². The summed E-state index contributed by atoms with van der Waals surface area (Å²) in [5, 5.41) is 3.48. The molecule has 0 atom stereocenters. The first-order valence-corrected chi connectivity index (χ1v) is 10.4. The number of nitrogens with one attached hydrogen (secondary N) is 1. The maximum absolute atomic E-state index is 14.8. The Hall–Kier alpha value is -1.62. The predicted octanol–water partition coefficient (Wildman–Crippen LogP) is 3.04. The lowest BCUT2D eigenvalue weighted by Gasteiger charge is -2.27. The number of nitrogens with two attached hydrogens (primary N) is 1. The highest BCUT2D eigenvalue weighted by molar-refractivity contribution is 7.89. The van der Waals surface area contributed by atoms with Crippen molar-refractivity contribution in [1.82, 2.24) is 9.62 Å². The van der Waals surface area contributed by atoms with E-state index in [4.69, 9.17) is 33.7 Å². The Morgan fingerprint density at radius 1 is 1.10 bits per heavy atom. The number of primary amides is 1. The summed E-state index contributed by atoms with van der Waals surface area (Å²) >= 11 is 11.8. The number of benzene rings is 2. The van der Waals surface area contributed by atoms with E-state index in [1.54, 1.807) is 0 Å². The largest absolute Gasteiger partial charge is 0.453 e. The number of carbonyl (C=O) groups is 1. The molecule has 1 aliphatic heterocycles. The highest BCUT2D eigenvalue weighted by Crippen LogP contribution is 2.36. The van der Waals surface area contributed by atoms with Gasteiger partial charge in [-0.25, -0.2) is 12.8 Å². The monoisotopic (exact) mass is 483 g/mol. The second kappa shape index (κ2) is 9.46. The van der Waals surface area contributed by atoms with Crippen LogP contribution in [0.3, 0.4) is 0 Å². The van der Waals surface area contributed by atoms with Gasteiger partial charge in [-0.1, -0.05) is 23.2 Å². The summed E-state index contributed by atoms with van der Waals surface area (Å²) in [7, 11) is -4.16. The SMILES string of the molecule is Cl.NC(=O)c1cc(F)c(Oc2cc(Cl)cc(Cl)c2)c(S(=O)(=O)N2CCNCC2)c1. The van der Waals surface area contributed by atoms with Gasteiger partial charge in [-0.3, -0.25) is 4.79 Å². The lowest BCUT2D eigenvalue weighted by atomic mass is 10.2. The molecule has 0 bridgehead atoms. The average molecular weight is 485 g/mol. The average Bonchev–Trinajstić information content (AvgIpc) is 2.62. The quantitative estimate of drug-likeness (QED) is 0.679. The van der Waals surface area contributed by atoms with Gasteiger partial charge < -0.3 is 15.8 Å². The minimum atomic E-state index is -4.16. The number of amides is 1. The maximum Gasteiger partial charge on any atom is 0.248 e. The van der Waals surface area contributed by atoms with Crippen LogP contribution in [0.2, 0.25) is 10.0 Å². The molecule has 12 heteroatoms. The summed E-state index contributed by atoms with van der Waals surface area (Å²) in [5.41, 5.74) is 4.93. The molecule has 3 rings (SSSR count). The normalized spacial score (nSPS) is 14.9. The van der Waals surface area contributed by atoms with Crippen molar-refractivity contribution < 1.29 is 22.3 Å². The third kappa shape index (κ3) is 5.30. The number of sulfonamides is 1. The van der Waals surface area contributed by atoms with Gasteiger partial charge in [0.25, 0.3) is 0 Å². The molecule has 0 spiro atoms. The Bertz CT molecular complexity index is 1010. The molecule has 29 heavy (non-hydrogen) atoms. The van der Waals surface area contributed by atoms with Crippen molar-refractivity contribution in [3.8, 4) is 11.5 Å². The van der Waals surface area contributed by atoms with Crippen molar-refractivity contribution >= 4 is 51.5 Å². The van der Waals surface area contributed by atoms with Crippen LogP contribution in [0, 0.1) is 5.82 Å². The minimum Gasteiger partial charge on any atom is -0.453 e. The lowest BCUT2D eigenvalue weighted by molar-refractivity contribution is 0.0999. The first kappa shape index (κ1) is 23.7. The first-order chi connectivity index (χ1) is 13.2. The second-order valence-corrected chi connectivity index (χ2v) is 8.79. The van der Waals surface area contributed by atoms with E-state index in [1.165, 1.54) is 22.5 Å². The van der Waals surface area contributed by atoms with E-state index in [0.717, 1.165) is 12.1 Å². The standard InChI is InChI=1S/C17H16Cl2FN3O4S.ClH/c18-11-7-12(19)9-13(8-11)27-16-14(20)5-10(17(21)24)6-15(16)28(25,26)23-3-1-22-2-4-23;/h5-9,22H,1-4H2,(H2,21,24);1H. The van der Waals surface area contributed by atoms with E-state index in [-0.39, 0.29) is 46.9 Å². The number of hydrogen-bond donors (Lipinski definition) is 2. The Balaban J connectivity index is 0.00000300. The van der Waals surface area contributed by atoms with Gasteiger partial charge in [0.1, 0.15) is 10.6 Å². The maximum atomic E-state index is 14.8. The van der Waals surface area contributed by atoms with Crippen molar-refractivity contribution in [1.29, 1.82) is 0 Å². The third-order valence-corrected chi connectivity index (χ3v) is 6.38. The molecular formula is C17H17Cl3FN3O4S. The lowest BCUT2D eigenvalue weighted by Crippen LogP contribution is -2.46. The van der Waals surface area contributed by atoms with E-state index in [2.05, 4.69) is 5.32 Å². The molecule has 0 saturated carbocycles. The van der Waals surface area contributed by atoms with Gasteiger partial charge in [-0.15, -0.1) is 12.4 Å². The van der Waals surface area contributed by atoms with Crippen molar-refractivity contribution in [3.05, 3.63) is 51.8 Å². The fraction of sp³-hybridized carbons (Fsp3) is 0.235. The Kier molecular flexibility index (Phi) is 7.72. The van der Waals surface area contributed by atoms with Crippen LogP contribution >= 0.6 is 35.6 Å². The molecule has 0 unspecified atom stereocenters. The zero-order chi connectivity index (χ0) is 20.5. The molecule has 7 nitrogen and oxygen atoms in total. The Morgan fingerprint density at radius 3 is 2.24 bits per heavy atom. The number of piperazine rings is 1. The molecule has 3 N–H and O–H groups in total. The molecule has 0 aliphatic carbocycles. The van der Waals surface area contributed by atoms with Crippen LogP contribution in [0.4, 0.5) is 4.39 Å². The van der Waals surface area contributed by atoms with E-state index in [1.807, 2.05) is 0 Å². The highest BCUT2D eigenvalue weighted by Gasteiger charge is 2.32. The van der Waals surface area contributed by atoms with E-state index in [9.17, 15) is 17.6 Å². The molecular weight excluding hydrogens is 468 g/mol. The second-order valence-electron chi connectivity index (χ2n) is 6.01. The summed E-state index contributed by atoms with van der Waals surface area (Å²) in [5.74, 6) is -2.55. The molecule has 158 valence electrons. The molecule has 0 aromatic heterocycles. The van der Waals surface area contributed by atoms with Crippen LogP contribution in [0.1, 0.15) is 10.4 Å². The van der Waals surface area contributed by atoms with Crippen LogP contribution < -0.4 is 15.8 Å². The number of carbonyl (C=O) groups excluding carboxylic acids is 1. The number of halogens is 4. The summed E-state index contributed by atoms with van der Waals surface area (Å²) < 4.78 is 47.7. The fourth-order valence-corrected chi connectivity index (χ4v) is 4.83. The fourth-order valence-electron chi connectivity index (χ4n) is 2.73. The van der Waals surface area contributed by atoms with Gasteiger partial charge in [-0.2, -0.15) is 4.31 Å². The minimum absolute atomic E-state index is 0. The Labute approximate surface area is 183 Å². The Morgan fingerprint density at radius 2 is 1.69 bits per heavy atom. The van der Waals surface area contributed by atoms with Crippen LogP contribution in [-0.4, -0.2) is 44.8 Å². The van der Waals surface area contributed by atoms with Gasteiger partial charge in [0.2, 0.25) is 15.9 Å². The predicted molar refractivity (Wildman–Crippen MR) is 110 cm³/mol. The number of rotatable bonds is 5. The number of hydrogen-bond acceptors (Lipinski definition) is 5. The summed E-state index contributed by atoms with van der Waals surface area (Å²) in [6, 6.07) is 5.98. The van der Waals surface area contributed by atoms with Gasteiger partial charge in [0, 0.05) is 41.8 Å². The number of ether oxygens (including phenoxy) is 1. The number of nitrogens with zero attached hydrogens (tertiary/aromatic N) is 1. The van der Waals surface area contributed by atoms with Crippen LogP contribution in [0.5, 0.6) is 11.5 Å². The van der Waals surface area contributed by atoms with E-state index >= 15 is 0 Å². The summed E-state index contributed by atoms with van der Waals surface area (Å²) in [6.07, 6.45) is 0. The van der Waals surface area contributed by atoms with Crippen molar-refractivity contribution in [2.24, 2.45) is 5.73 Å². The molecule has 0 radical (unpaired) electrons. The third-order valence-electron chi connectivity index (χ3n) is 4.04. The van der Waals surface area contributed by atoms with Crippen molar-refractivity contribution in [2.45, 2.75) is 4.90 Å². The highest BCUT2D eigenvalue weighted by atomic mass is 35.5. The zero-order valence-electron chi connectivity index (χ0n) is 14.8. The van der Waals surface area contributed by atoms with Gasteiger partial charge in [0.15, 0.2) is 11.6 Å². The van der Waals surface area contributed by atoms with E-state index < -0.39 is 32.4 Å².